The molecule has 0 atom stereocenters. The van der Waals surface area contributed by atoms with E-state index >= 15 is 0 Å². The van der Waals surface area contributed by atoms with Gasteiger partial charge in [0.05, 0.1) is 29.6 Å². The van der Waals surface area contributed by atoms with Crippen LogP contribution in [0.3, 0.4) is 0 Å². The zero-order valence-electron chi connectivity index (χ0n) is 19.1. The number of amides is 3. The van der Waals surface area contributed by atoms with Crippen LogP contribution in [0.2, 0.25) is 0 Å². The molecule has 34 heavy (non-hydrogen) atoms. The van der Waals surface area contributed by atoms with Crippen LogP contribution in [0.5, 0.6) is 5.75 Å². The van der Waals surface area contributed by atoms with Crippen molar-refractivity contribution in [2.75, 3.05) is 23.9 Å². The Morgan fingerprint density at radius 1 is 1.03 bits per heavy atom. The fourth-order valence-corrected chi connectivity index (χ4v) is 4.02. The van der Waals surface area contributed by atoms with Gasteiger partial charge in [0.2, 0.25) is 0 Å². The predicted octanol–water partition coefficient (Wildman–Crippen LogP) is 4.95. The molecule has 0 unspecified atom stereocenters. The van der Waals surface area contributed by atoms with Gasteiger partial charge in [-0.05, 0) is 44.2 Å². The Labute approximate surface area is 194 Å². The fourth-order valence-electron chi connectivity index (χ4n) is 4.02. The lowest BCUT2D eigenvalue weighted by Crippen LogP contribution is -2.43. The Morgan fingerprint density at radius 2 is 1.68 bits per heavy atom. The van der Waals surface area contributed by atoms with Gasteiger partial charge >= 0.3 is 12.4 Å². The van der Waals surface area contributed by atoms with Crippen molar-refractivity contribution in [2.24, 2.45) is 0 Å². The molecule has 7 nitrogen and oxygen atoms in total. The maximum absolute atomic E-state index is 13.5. The quantitative estimate of drug-likeness (QED) is 0.492. The van der Waals surface area contributed by atoms with Crippen LogP contribution in [0.15, 0.2) is 54.7 Å². The number of anilines is 2. The Bertz CT molecular complexity index is 1260. The molecule has 1 aromatic heterocycles. The molecule has 2 heterocycles. The lowest BCUT2D eigenvalue weighted by atomic mass is 10.0. The number of ether oxygens (including phenoxy) is 1. The van der Waals surface area contributed by atoms with Crippen LogP contribution in [0.1, 0.15) is 19.4 Å². The summed E-state index contributed by atoms with van der Waals surface area (Å²) < 4.78 is 41.3. The van der Waals surface area contributed by atoms with Crippen molar-refractivity contribution < 1.29 is 27.5 Å². The zero-order chi connectivity index (χ0) is 24.8. The third-order valence-corrected chi connectivity index (χ3v) is 5.81. The molecule has 1 aliphatic rings. The van der Waals surface area contributed by atoms with Gasteiger partial charge in [-0.25, -0.2) is 9.69 Å². The van der Waals surface area contributed by atoms with Crippen LogP contribution in [0.25, 0.3) is 10.9 Å². The number of fused-ring (bicyclic) bond motifs is 1. The number of halogens is 3. The van der Waals surface area contributed by atoms with Gasteiger partial charge in [0.25, 0.3) is 5.91 Å². The molecule has 3 aromatic rings. The van der Waals surface area contributed by atoms with Gasteiger partial charge in [-0.3, -0.25) is 9.78 Å². The molecule has 1 aliphatic heterocycles. The number of imide groups is 1. The van der Waals surface area contributed by atoms with Crippen molar-refractivity contribution in [3.63, 3.8) is 0 Å². The number of rotatable bonds is 5. The molecular weight excluding hydrogens is 449 g/mol. The Hall–Kier alpha value is -3.82. The first kappa shape index (κ1) is 23.3. The van der Waals surface area contributed by atoms with Crippen LogP contribution in [0, 0.1) is 0 Å². The lowest BCUT2D eigenvalue weighted by Gasteiger charge is -2.30. The summed E-state index contributed by atoms with van der Waals surface area (Å²) in [6, 6.07) is 11.6. The minimum Gasteiger partial charge on any atom is -0.406 e. The first-order valence-electron chi connectivity index (χ1n) is 10.5. The number of para-hydroxylation sites is 1. The van der Waals surface area contributed by atoms with Crippen molar-refractivity contribution >= 4 is 34.2 Å². The van der Waals surface area contributed by atoms with E-state index < -0.39 is 29.6 Å². The molecule has 0 saturated carbocycles. The molecule has 10 heteroatoms. The van der Waals surface area contributed by atoms with Crippen LogP contribution in [-0.4, -0.2) is 47.8 Å². The van der Waals surface area contributed by atoms with E-state index in [1.165, 1.54) is 17.0 Å². The molecule has 178 valence electrons. The molecule has 0 aliphatic carbocycles. The van der Waals surface area contributed by atoms with E-state index in [9.17, 15) is 22.8 Å². The smallest absolute Gasteiger partial charge is 0.406 e. The predicted molar refractivity (Wildman–Crippen MR) is 122 cm³/mol. The fraction of sp³-hybridized carbons (Fsp3) is 0.292. The highest BCUT2D eigenvalue weighted by Crippen LogP contribution is 2.37. The molecule has 0 N–H and O–H groups in total. The molecular formula is C24H23F3N4O3. The highest BCUT2D eigenvalue weighted by atomic mass is 19.4. The number of benzene rings is 2. The van der Waals surface area contributed by atoms with Crippen molar-refractivity contribution in [3.05, 3.63) is 60.3 Å². The van der Waals surface area contributed by atoms with Crippen LogP contribution < -0.4 is 14.5 Å². The van der Waals surface area contributed by atoms with Crippen LogP contribution in [0.4, 0.5) is 29.3 Å². The van der Waals surface area contributed by atoms with Gasteiger partial charge in [-0.15, -0.1) is 13.2 Å². The summed E-state index contributed by atoms with van der Waals surface area (Å²) in [5.74, 6) is -0.919. The van der Waals surface area contributed by atoms with E-state index in [2.05, 4.69) is 9.72 Å². The van der Waals surface area contributed by atoms with Crippen LogP contribution >= 0.6 is 0 Å². The summed E-state index contributed by atoms with van der Waals surface area (Å²) in [4.78, 5) is 35.5. The molecule has 1 saturated heterocycles. The second-order valence-corrected chi connectivity index (χ2v) is 8.64. The first-order chi connectivity index (χ1) is 15.9. The van der Waals surface area contributed by atoms with E-state index in [4.69, 9.17) is 0 Å². The summed E-state index contributed by atoms with van der Waals surface area (Å²) in [6.07, 6.45) is -3.11. The van der Waals surface area contributed by atoms with Crippen LogP contribution in [-0.2, 0) is 11.3 Å². The average molecular weight is 472 g/mol. The number of nitrogens with zero attached hydrogens (tertiary/aromatic N) is 4. The maximum Gasteiger partial charge on any atom is 0.573 e. The van der Waals surface area contributed by atoms with Crippen molar-refractivity contribution in [1.82, 2.24) is 9.88 Å². The van der Waals surface area contributed by atoms with E-state index in [0.29, 0.717) is 0 Å². The largest absolute Gasteiger partial charge is 0.573 e. The molecule has 0 bridgehead atoms. The number of carbonyl (C=O) groups is 2. The molecule has 2 aromatic carbocycles. The van der Waals surface area contributed by atoms with E-state index in [-0.39, 0.29) is 12.2 Å². The number of carbonyl (C=O) groups excluding carboxylic acids is 2. The third kappa shape index (κ3) is 4.11. The summed E-state index contributed by atoms with van der Waals surface area (Å²) in [5, 5.41) is 0.858. The lowest BCUT2D eigenvalue weighted by molar-refractivity contribution is -0.274. The SMILES string of the molecule is CN(C)c1cnc2ccccc2c1CN1C(=O)N(c2ccc(OC(F)(F)F)cc2)C(=O)C1(C)C. The standard InChI is InChI=1S/C24H23F3N4O3/c1-23(2)21(32)31(15-9-11-16(12-10-15)34-24(25,26)27)22(33)30(23)14-18-17-7-5-6-8-19(17)28-13-20(18)29(3)4/h5-13H,14H2,1-4H3. The Kier molecular flexibility index (Phi) is 5.63. The molecule has 1 fully saturated rings. The second kappa shape index (κ2) is 8.19. The molecule has 0 spiro atoms. The van der Waals surface area contributed by atoms with Crippen molar-refractivity contribution in [1.29, 1.82) is 0 Å². The second-order valence-electron chi connectivity index (χ2n) is 8.64. The number of urea groups is 1. The highest BCUT2D eigenvalue weighted by Gasteiger charge is 2.52. The van der Waals surface area contributed by atoms with Crippen molar-refractivity contribution in [3.8, 4) is 5.75 Å². The zero-order valence-corrected chi connectivity index (χ0v) is 19.1. The monoisotopic (exact) mass is 472 g/mol. The Balaban J connectivity index is 1.71. The highest BCUT2D eigenvalue weighted by molar-refractivity contribution is 6.23. The summed E-state index contributed by atoms with van der Waals surface area (Å²) >= 11 is 0. The minimum atomic E-state index is -4.84. The summed E-state index contributed by atoms with van der Waals surface area (Å²) in [7, 11) is 3.74. The van der Waals surface area contributed by atoms with Crippen molar-refractivity contribution in [2.45, 2.75) is 32.3 Å². The van der Waals surface area contributed by atoms with Gasteiger partial charge in [0.1, 0.15) is 11.3 Å². The topological polar surface area (TPSA) is 66.0 Å². The number of pyridine rings is 1. The number of hydrogen-bond acceptors (Lipinski definition) is 5. The van der Waals surface area contributed by atoms with Gasteiger partial charge in [-0.2, -0.15) is 0 Å². The van der Waals surface area contributed by atoms with Gasteiger partial charge in [0.15, 0.2) is 0 Å². The summed E-state index contributed by atoms with van der Waals surface area (Å²) in [6.45, 7) is 3.43. The summed E-state index contributed by atoms with van der Waals surface area (Å²) in [5.41, 5.74) is 1.37. The van der Waals surface area contributed by atoms with E-state index in [1.54, 1.807) is 20.0 Å². The third-order valence-electron chi connectivity index (χ3n) is 5.81. The molecule has 0 radical (unpaired) electrons. The Morgan fingerprint density at radius 3 is 2.29 bits per heavy atom. The normalized spacial score (nSPS) is 15.9. The average Bonchev–Trinajstić information content (AvgIpc) is 2.92. The number of aromatic nitrogens is 1. The number of alkyl halides is 3. The minimum absolute atomic E-state index is 0.139. The molecule has 4 rings (SSSR count). The van der Waals surface area contributed by atoms with E-state index in [1.807, 2.05) is 43.3 Å². The number of hydrogen-bond donors (Lipinski definition) is 0. The maximum atomic E-state index is 13.5. The van der Waals surface area contributed by atoms with E-state index in [0.717, 1.165) is 39.2 Å². The van der Waals surface area contributed by atoms with Gasteiger partial charge in [0, 0.05) is 25.0 Å². The van der Waals surface area contributed by atoms with Gasteiger partial charge < -0.3 is 14.5 Å². The first-order valence-corrected chi connectivity index (χ1v) is 10.5. The molecule has 3 amide bonds. The van der Waals surface area contributed by atoms with Gasteiger partial charge in [-0.1, -0.05) is 18.2 Å².